The second-order valence-electron chi connectivity index (χ2n) is 9.48. The minimum absolute atomic E-state index is 0.234. The topological polar surface area (TPSA) is 112 Å². The third kappa shape index (κ3) is 4.45. The number of fused-ring (bicyclic) bond motifs is 2. The minimum atomic E-state index is -0.615. The van der Waals surface area contributed by atoms with E-state index in [1.54, 1.807) is 39.1 Å². The summed E-state index contributed by atoms with van der Waals surface area (Å²) in [7, 11) is 1.85. The molecular weight excluding hydrogens is 504 g/mol. The highest BCUT2D eigenvalue weighted by atomic mass is 16.2. The summed E-state index contributed by atoms with van der Waals surface area (Å²) >= 11 is 0. The quantitative estimate of drug-likeness (QED) is 0.347. The van der Waals surface area contributed by atoms with Gasteiger partial charge in [-0.1, -0.05) is 36.4 Å². The van der Waals surface area contributed by atoms with Crippen LogP contribution in [-0.2, 0) is 7.05 Å². The van der Waals surface area contributed by atoms with Crippen molar-refractivity contribution < 1.29 is 4.79 Å². The lowest BCUT2D eigenvalue weighted by molar-refractivity contribution is 0.0938. The van der Waals surface area contributed by atoms with E-state index in [0.29, 0.717) is 39.3 Å². The maximum absolute atomic E-state index is 14.2. The summed E-state index contributed by atoms with van der Waals surface area (Å²) < 4.78 is 4.86. The standard InChI is InChI=1S/C30H26N8O2/c1-19-25(28-31-16-8-17-37(28)34-19)29(39)32-20(2)27-33-24-12-7-9-21(13-14-22-15-18-36(3)35-22)26(24)30(40)38(27)23-10-5-4-6-11-23/h4-18,20H,1-3H3,(H,32,39)/b14-13+/t20-/m0/s1. The van der Waals surface area contributed by atoms with Crippen molar-refractivity contribution in [2.45, 2.75) is 19.9 Å². The largest absolute Gasteiger partial charge is 0.342 e. The van der Waals surface area contributed by atoms with Gasteiger partial charge in [0, 0.05) is 25.6 Å². The molecule has 0 saturated heterocycles. The first-order chi connectivity index (χ1) is 19.4. The van der Waals surface area contributed by atoms with E-state index in [9.17, 15) is 9.59 Å². The number of hydrogen-bond donors (Lipinski definition) is 1. The van der Waals surface area contributed by atoms with Crippen LogP contribution in [0.4, 0.5) is 0 Å². The lowest BCUT2D eigenvalue weighted by atomic mass is 10.1. The molecule has 0 aliphatic rings. The molecule has 1 amide bonds. The highest BCUT2D eigenvalue weighted by Crippen LogP contribution is 2.22. The Hall–Kier alpha value is -5.38. The lowest BCUT2D eigenvalue weighted by Gasteiger charge is -2.20. The number of nitrogens with zero attached hydrogens (tertiary/aromatic N) is 7. The smallest absolute Gasteiger partial charge is 0.266 e. The number of carbonyl (C=O) groups is 1. The maximum atomic E-state index is 14.2. The molecule has 198 valence electrons. The summed E-state index contributed by atoms with van der Waals surface area (Å²) in [6.07, 6.45) is 8.96. The van der Waals surface area contributed by atoms with Crippen molar-refractivity contribution in [3.8, 4) is 5.69 Å². The van der Waals surface area contributed by atoms with Crippen LogP contribution >= 0.6 is 0 Å². The predicted octanol–water partition coefficient (Wildman–Crippen LogP) is 4.13. The number of carbonyl (C=O) groups excluding carboxylic acids is 1. The van der Waals surface area contributed by atoms with Crippen LogP contribution in [0.25, 0.3) is 34.4 Å². The molecule has 0 radical (unpaired) electrons. The zero-order valence-corrected chi connectivity index (χ0v) is 22.2. The van der Waals surface area contributed by atoms with Crippen LogP contribution in [-0.4, -0.2) is 39.8 Å². The van der Waals surface area contributed by atoms with Gasteiger partial charge in [-0.3, -0.25) is 18.8 Å². The highest BCUT2D eigenvalue weighted by molar-refractivity contribution is 6.01. The molecule has 6 rings (SSSR count). The Labute approximate surface area is 229 Å². The average molecular weight is 531 g/mol. The summed E-state index contributed by atoms with van der Waals surface area (Å²) in [6.45, 7) is 3.58. The van der Waals surface area contributed by atoms with Crippen molar-refractivity contribution in [1.82, 2.24) is 39.2 Å². The molecule has 0 aliphatic heterocycles. The van der Waals surface area contributed by atoms with Gasteiger partial charge in [-0.2, -0.15) is 10.2 Å². The first kappa shape index (κ1) is 24.9. The molecule has 1 N–H and O–H groups in total. The van der Waals surface area contributed by atoms with Gasteiger partial charge >= 0.3 is 0 Å². The SMILES string of the molecule is Cc1nn2cccnc2c1C(=O)N[C@@H](C)c1nc2cccc(/C=C/c3ccn(C)n3)c2c(=O)n1-c1ccccc1. The van der Waals surface area contributed by atoms with Gasteiger partial charge in [0.15, 0.2) is 5.65 Å². The number of amides is 1. The molecule has 0 spiro atoms. The fourth-order valence-corrected chi connectivity index (χ4v) is 4.82. The zero-order valence-electron chi connectivity index (χ0n) is 22.2. The molecule has 2 aromatic carbocycles. The molecule has 0 aliphatic carbocycles. The summed E-state index contributed by atoms with van der Waals surface area (Å²) in [5, 5.41) is 12.3. The molecule has 4 aromatic heterocycles. The van der Waals surface area contributed by atoms with Gasteiger partial charge in [-0.25, -0.2) is 14.5 Å². The molecule has 0 saturated carbocycles. The Morgan fingerprint density at radius 3 is 2.58 bits per heavy atom. The number of benzene rings is 2. The van der Waals surface area contributed by atoms with Gasteiger partial charge in [-0.05, 0) is 55.8 Å². The van der Waals surface area contributed by atoms with Gasteiger partial charge in [0.1, 0.15) is 11.4 Å². The molecule has 1 atom stereocenters. The molecule has 6 aromatic rings. The molecule has 4 heterocycles. The van der Waals surface area contributed by atoms with Crippen molar-refractivity contribution in [2.24, 2.45) is 7.05 Å². The van der Waals surface area contributed by atoms with Crippen LogP contribution in [0.3, 0.4) is 0 Å². The summed E-state index contributed by atoms with van der Waals surface area (Å²) in [5.74, 6) is 0.0599. The van der Waals surface area contributed by atoms with E-state index < -0.39 is 6.04 Å². The van der Waals surface area contributed by atoms with Crippen molar-refractivity contribution in [3.63, 3.8) is 0 Å². The van der Waals surface area contributed by atoms with E-state index >= 15 is 0 Å². The van der Waals surface area contributed by atoms with Crippen LogP contribution in [0.2, 0.25) is 0 Å². The third-order valence-electron chi connectivity index (χ3n) is 6.67. The number of aryl methyl sites for hydroxylation is 2. The minimum Gasteiger partial charge on any atom is -0.342 e. The Balaban J connectivity index is 1.46. The van der Waals surface area contributed by atoms with E-state index in [4.69, 9.17) is 4.98 Å². The highest BCUT2D eigenvalue weighted by Gasteiger charge is 2.24. The van der Waals surface area contributed by atoms with E-state index in [1.165, 1.54) is 0 Å². The fraction of sp³-hybridized carbons (Fsp3) is 0.133. The Morgan fingerprint density at radius 2 is 1.80 bits per heavy atom. The number of nitrogens with one attached hydrogen (secondary N) is 1. The second kappa shape index (κ2) is 10.1. The normalized spacial score (nSPS) is 12.4. The van der Waals surface area contributed by atoms with Crippen LogP contribution in [0.1, 0.15) is 46.1 Å². The van der Waals surface area contributed by atoms with Gasteiger partial charge < -0.3 is 5.32 Å². The van der Waals surface area contributed by atoms with Crippen molar-refractivity contribution in [3.05, 3.63) is 118 Å². The van der Waals surface area contributed by atoms with Gasteiger partial charge in [-0.15, -0.1) is 0 Å². The van der Waals surface area contributed by atoms with Gasteiger partial charge in [0.05, 0.1) is 34.0 Å². The van der Waals surface area contributed by atoms with Gasteiger partial charge in [0.2, 0.25) is 0 Å². The summed E-state index contributed by atoms with van der Waals surface area (Å²) in [5.41, 5.74) is 3.84. The fourth-order valence-electron chi connectivity index (χ4n) is 4.82. The van der Waals surface area contributed by atoms with E-state index in [2.05, 4.69) is 20.5 Å². The van der Waals surface area contributed by atoms with Crippen LogP contribution in [0.5, 0.6) is 0 Å². The van der Waals surface area contributed by atoms with Crippen LogP contribution in [0.15, 0.2) is 84.0 Å². The van der Waals surface area contributed by atoms with Crippen molar-refractivity contribution in [2.75, 3.05) is 0 Å². The Bertz CT molecular complexity index is 1970. The van der Waals surface area contributed by atoms with E-state index in [1.807, 2.05) is 86.9 Å². The molecule has 10 heteroatoms. The second-order valence-corrected chi connectivity index (χ2v) is 9.48. The number of para-hydroxylation sites is 1. The molecular formula is C30H26N8O2. The van der Waals surface area contributed by atoms with E-state index in [0.717, 1.165) is 11.3 Å². The average Bonchev–Trinajstić information content (AvgIpc) is 3.53. The zero-order chi connectivity index (χ0) is 27.8. The lowest BCUT2D eigenvalue weighted by Crippen LogP contribution is -2.33. The molecule has 40 heavy (non-hydrogen) atoms. The van der Waals surface area contributed by atoms with Crippen LogP contribution < -0.4 is 10.9 Å². The Morgan fingerprint density at radius 1 is 0.975 bits per heavy atom. The van der Waals surface area contributed by atoms with Crippen molar-refractivity contribution >= 4 is 34.6 Å². The molecule has 0 unspecified atom stereocenters. The van der Waals surface area contributed by atoms with E-state index in [-0.39, 0.29) is 11.5 Å². The predicted molar refractivity (Wildman–Crippen MR) is 153 cm³/mol. The number of rotatable bonds is 6. The first-order valence-corrected chi connectivity index (χ1v) is 12.8. The third-order valence-corrected chi connectivity index (χ3v) is 6.67. The van der Waals surface area contributed by atoms with Crippen molar-refractivity contribution in [1.29, 1.82) is 0 Å². The number of hydrogen-bond acceptors (Lipinski definition) is 6. The molecule has 0 fully saturated rings. The maximum Gasteiger partial charge on any atom is 0.266 e. The first-order valence-electron chi connectivity index (χ1n) is 12.8. The summed E-state index contributed by atoms with van der Waals surface area (Å²) in [6, 6.07) is 17.9. The monoisotopic (exact) mass is 530 g/mol. The van der Waals surface area contributed by atoms with Crippen LogP contribution in [0, 0.1) is 6.92 Å². The Kier molecular flexibility index (Phi) is 6.27. The van der Waals surface area contributed by atoms with Gasteiger partial charge in [0.25, 0.3) is 11.5 Å². The number of aromatic nitrogens is 7. The molecule has 0 bridgehead atoms. The summed E-state index contributed by atoms with van der Waals surface area (Å²) in [4.78, 5) is 36.9. The molecule has 10 nitrogen and oxygen atoms in total.